The third kappa shape index (κ3) is 4.23. The molecule has 2 atom stereocenters. The third-order valence-corrected chi connectivity index (χ3v) is 6.98. The van der Waals surface area contributed by atoms with Crippen molar-refractivity contribution >= 4 is 5.91 Å². The van der Waals surface area contributed by atoms with Crippen LogP contribution in [0.2, 0.25) is 0 Å². The normalized spacial score (nSPS) is 24.2. The predicted molar refractivity (Wildman–Crippen MR) is 116 cm³/mol. The second-order valence-corrected chi connectivity index (χ2v) is 8.99. The first-order valence-corrected chi connectivity index (χ1v) is 11.4. The highest BCUT2D eigenvalue weighted by Gasteiger charge is 2.37. The van der Waals surface area contributed by atoms with E-state index in [1.165, 1.54) is 50.9 Å². The lowest BCUT2D eigenvalue weighted by molar-refractivity contribution is 0.0792. The van der Waals surface area contributed by atoms with Crippen LogP contribution >= 0.6 is 0 Å². The van der Waals surface area contributed by atoms with Gasteiger partial charge in [-0.1, -0.05) is 24.3 Å². The Morgan fingerprint density at radius 3 is 2.34 bits per heavy atom. The van der Waals surface area contributed by atoms with E-state index in [0.717, 1.165) is 49.0 Å². The first-order chi connectivity index (χ1) is 14.3. The molecule has 0 bridgehead atoms. The molecule has 3 fully saturated rings. The minimum absolute atomic E-state index is 0.116. The van der Waals surface area contributed by atoms with Gasteiger partial charge in [0.1, 0.15) is 0 Å². The second kappa shape index (κ2) is 8.27. The van der Waals surface area contributed by atoms with Crippen LogP contribution in [-0.2, 0) is 0 Å². The van der Waals surface area contributed by atoms with Crippen molar-refractivity contribution in [1.82, 2.24) is 14.8 Å². The number of rotatable bonds is 6. The van der Waals surface area contributed by atoms with Crippen molar-refractivity contribution in [2.45, 2.75) is 44.4 Å². The zero-order valence-electron chi connectivity index (χ0n) is 17.2. The molecule has 4 heteroatoms. The Labute approximate surface area is 173 Å². The molecule has 3 aliphatic rings. The number of pyridine rings is 1. The summed E-state index contributed by atoms with van der Waals surface area (Å²) in [6, 6.07) is 12.8. The van der Waals surface area contributed by atoms with E-state index in [9.17, 15) is 4.79 Å². The van der Waals surface area contributed by atoms with Crippen molar-refractivity contribution in [3.8, 4) is 11.3 Å². The summed E-state index contributed by atoms with van der Waals surface area (Å²) in [6.45, 7) is 5.65. The van der Waals surface area contributed by atoms with Crippen LogP contribution in [0.4, 0.5) is 0 Å². The van der Waals surface area contributed by atoms with E-state index < -0.39 is 0 Å². The topological polar surface area (TPSA) is 36.4 Å². The van der Waals surface area contributed by atoms with Gasteiger partial charge < -0.3 is 9.80 Å². The van der Waals surface area contributed by atoms with Crippen LogP contribution in [0.1, 0.15) is 60.4 Å². The van der Waals surface area contributed by atoms with E-state index in [0.29, 0.717) is 5.56 Å². The van der Waals surface area contributed by atoms with Gasteiger partial charge in [-0.2, -0.15) is 0 Å². The molecule has 2 aromatic rings. The predicted octanol–water partition coefficient (Wildman–Crippen LogP) is 4.57. The van der Waals surface area contributed by atoms with E-state index in [1.54, 1.807) is 6.20 Å². The number of hydrogen-bond acceptors (Lipinski definition) is 3. The molecule has 1 aromatic heterocycles. The average molecular weight is 390 g/mol. The summed E-state index contributed by atoms with van der Waals surface area (Å²) in [7, 11) is 0. The first-order valence-electron chi connectivity index (χ1n) is 11.4. The Morgan fingerprint density at radius 2 is 1.66 bits per heavy atom. The van der Waals surface area contributed by atoms with Crippen molar-refractivity contribution in [3.05, 3.63) is 53.7 Å². The first kappa shape index (κ1) is 18.8. The lowest BCUT2D eigenvalue weighted by atomic mass is 10.0. The lowest BCUT2D eigenvalue weighted by Gasteiger charge is -2.15. The maximum Gasteiger partial charge on any atom is 0.255 e. The molecule has 0 spiro atoms. The largest absolute Gasteiger partial charge is 0.339 e. The van der Waals surface area contributed by atoms with Crippen LogP contribution in [0, 0.1) is 5.92 Å². The standard InChI is InChI=1S/C25H31N3O/c29-25(28-14-3-4-15-28)22-9-10-24(26-18-22)20-7-5-19(6-8-20)23-17-21(23)11-16-27-12-1-2-13-27/h5-10,18,21,23H,1-4,11-17H2/t21-,23+/m1/s1. The molecule has 29 heavy (non-hydrogen) atoms. The number of hydrogen-bond donors (Lipinski definition) is 0. The van der Waals surface area contributed by atoms with Gasteiger partial charge in [0.15, 0.2) is 0 Å². The van der Waals surface area contributed by atoms with Gasteiger partial charge in [0.05, 0.1) is 11.3 Å². The number of likely N-dealkylation sites (tertiary alicyclic amines) is 2. The summed E-state index contributed by atoms with van der Waals surface area (Å²) in [5, 5.41) is 0. The number of carbonyl (C=O) groups is 1. The second-order valence-electron chi connectivity index (χ2n) is 8.99. The van der Waals surface area contributed by atoms with Gasteiger partial charge in [-0.3, -0.25) is 9.78 Å². The zero-order valence-corrected chi connectivity index (χ0v) is 17.2. The number of aromatic nitrogens is 1. The Balaban J connectivity index is 1.18. The molecule has 1 amide bonds. The van der Waals surface area contributed by atoms with Gasteiger partial charge in [0.25, 0.3) is 5.91 Å². The fourth-order valence-corrected chi connectivity index (χ4v) is 5.02. The van der Waals surface area contributed by atoms with Crippen LogP contribution in [0.3, 0.4) is 0 Å². The van der Waals surface area contributed by atoms with Gasteiger partial charge in [0.2, 0.25) is 0 Å². The summed E-state index contributed by atoms with van der Waals surface area (Å²) in [6.07, 6.45) is 9.43. The van der Waals surface area contributed by atoms with Crippen molar-refractivity contribution in [2.75, 3.05) is 32.7 Å². The van der Waals surface area contributed by atoms with Crippen molar-refractivity contribution in [2.24, 2.45) is 5.92 Å². The maximum absolute atomic E-state index is 12.5. The molecule has 0 radical (unpaired) electrons. The molecule has 1 aliphatic carbocycles. The van der Waals surface area contributed by atoms with Crippen molar-refractivity contribution in [1.29, 1.82) is 0 Å². The maximum atomic E-state index is 12.5. The molecule has 3 heterocycles. The number of nitrogens with zero attached hydrogens (tertiary/aromatic N) is 3. The lowest BCUT2D eigenvalue weighted by Crippen LogP contribution is -2.27. The van der Waals surface area contributed by atoms with E-state index in [-0.39, 0.29) is 5.91 Å². The number of amides is 1. The van der Waals surface area contributed by atoms with Crippen LogP contribution in [0.15, 0.2) is 42.6 Å². The Kier molecular flexibility index (Phi) is 5.36. The number of benzene rings is 1. The highest BCUT2D eigenvalue weighted by Crippen LogP contribution is 2.49. The fraction of sp³-hybridized carbons (Fsp3) is 0.520. The zero-order chi connectivity index (χ0) is 19.6. The van der Waals surface area contributed by atoms with Crippen LogP contribution in [0.5, 0.6) is 0 Å². The smallest absolute Gasteiger partial charge is 0.255 e. The summed E-state index contributed by atoms with van der Waals surface area (Å²) < 4.78 is 0. The average Bonchev–Trinajstić information content (AvgIpc) is 3.15. The molecule has 5 rings (SSSR count). The van der Waals surface area contributed by atoms with Crippen LogP contribution < -0.4 is 0 Å². The highest BCUT2D eigenvalue weighted by molar-refractivity contribution is 5.94. The molecule has 1 saturated carbocycles. The van der Waals surface area contributed by atoms with Crippen molar-refractivity contribution in [3.63, 3.8) is 0 Å². The van der Waals surface area contributed by atoms with Crippen LogP contribution in [-0.4, -0.2) is 53.4 Å². The molecular weight excluding hydrogens is 358 g/mol. The van der Waals surface area contributed by atoms with E-state index in [2.05, 4.69) is 34.1 Å². The molecule has 2 saturated heterocycles. The van der Waals surface area contributed by atoms with Crippen LogP contribution in [0.25, 0.3) is 11.3 Å². The summed E-state index contributed by atoms with van der Waals surface area (Å²) in [4.78, 5) is 21.6. The van der Waals surface area contributed by atoms with Gasteiger partial charge in [-0.25, -0.2) is 0 Å². The summed E-state index contributed by atoms with van der Waals surface area (Å²) in [5.41, 5.74) is 4.24. The Bertz CT molecular complexity index is 833. The fourth-order valence-electron chi connectivity index (χ4n) is 5.02. The van der Waals surface area contributed by atoms with Gasteiger partial charge in [-0.15, -0.1) is 0 Å². The monoisotopic (exact) mass is 389 g/mol. The quantitative estimate of drug-likeness (QED) is 0.726. The molecular formula is C25H31N3O. The third-order valence-electron chi connectivity index (χ3n) is 6.98. The Morgan fingerprint density at radius 1 is 0.931 bits per heavy atom. The van der Waals surface area contributed by atoms with Gasteiger partial charge >= 0.3 is 0 Å². The highest BCUT2D eigenvalue weighted by atomic mass is 16.2. The summed E-state index contributed by atoms with van der Waals surface area (Å²) in [5.74, 6) is 1.74. The minimum atomic E-state index is 0.116. The minimum Gasteiger partial charge on any atom is -0.339 e. The van der Waals surface area contributed by atoms with E-state index >= 15 is 0 Å². The van der Waals surface area contributed by atoms with Gasteiger partial charge in [-0.05, 0) is 87.7 Å². The molecule has 1 aromatic carbocycles. The Hall–Kier alpha value is -2.20. The molecule has 4 nitrogen and oxygen atoms in total. The summed E-state index contributed by atoms with van der Waals surface area (Å²) >= 11 is 0. The van der Waals surface area contributed by atoms with Crippen molar-refractivity contribution < 1.29 is 4.79 Å². The molecule has 0 unspecified atom stereocenters. The SMILES string of the molecule is O=C(c1ccc(-c2ccc([C@@H]3C[C@H]3CCN3CCCC3)cc2)nc1)N1CCCC1. The molecule has 2 aliphatic heterocycles. The van der Waals surface area contributed by atoms with E-state index in [4.69, 9.17) is 0 Å². The van der Waals surface area contributed by atoms with Gasteiger partial charge in [0, 0.05) is 24.8 Å². The molecule has 0 N–H and O–H groups in total. The van der Waals surface area contributed by atoms with E-state index in [1.807, 2.05) is 17.0 Å². The number of carbonyl (C=O) groups excluding carboxylic acids is 1. The molecule has 152 valence electrons.